The molecule has 2 heterocycles. The second kappa shape index (κ2) is 9.07. The Bertz CT molecular complexity index is 890. The smallest absolute Gasteiger partial charge is 0.335 e. The maximum atomic E-state index is 11.2. The van der Waals surface area contributed by atoms with Crippen molar-refractivity contribution in [3.63, 3.8) is 0 Å². The van der Waals surface area contributed by atoms with Gasteiger partial charge in [0.1, 0.15) is 12.2 Å². The number of aromatic nitrogens is 4. The van der Waals surface area contributed by atoms with Gasteiger partial charge in [-0.1, -0.05) is 30.3 Å². The molecule has 0 saturated carbocycles. The number of carbonyl (C=O) groups is 1. The van der Waals surface area contributed by atoms with Gasteiger partial charge >= 0.3 is 5.97 Å². The number of benzene rings is 1. The van der Waals surface area contributed by atoms with Crippen molar-refractivity contribution < 1.29 is 9.90 Å². The van der Waals surface area contributed by atoms with Crippen LogP contribution in [0.25, 0.3) is 0 Å². The number of hydrogen-bond donors (Lipinski definition) is 1. The highest BCUT2D eigenvalue weighted by molar-refractivity contribution is 5.87. The van der Waals surface area contributed by atoms with Crippen LogP contribution in [0.15, 0.2) is 48.8 Å². The first-order valence-electron chi connectivity index (χ1n) is 9.23. The first-order chi connectivity index (χ1) is 13.1. The van der Waals surface area contributed by atoms with Crippen LogP contribution in [0, 0.1) is 6.92 Å². The summed E-state index contributed by atoms with van der Waals surface area (Å²) in [6, 6.07) is 13.7. The highest BCUT2D eigenvalue weighted by atomic mass is 16.4. The van der Waals surface area contributed by atoms with Crippen molar-refractivity contribution in [2.75, 3.05) is 0 Å². The molecular weight excluding hydrogens is 340 g/mol. The standard InChI is InChI=1S/C21H24N4O2/c1-16-13-18(21(26)27)14-19(23-16)10-5-11-20-24-22-15-25(20)12-6-9-17-7-3-2-4-8-17/h2-4,7-8,13-15H,5-6,9-12H2,1H3,(H,26,27). The molecule has 0 fully saturated rings. The SMILES string of the molecule is Cc1cc(C(=O)O)cc(CCCc2nncn2CCCc2ccccc2)n1. The predicted molar refractivity (Wildman–Crippen MR) is 103 cm³/mol. The lowest BCUT2D eigenvalue weighted by molar-refractivity contribution is 0.0696. The Morgan fingerprint density at radius 1 is 1.07 bits per heavy atom. The molecule has 6 nitrogen and oxygen atoms in total. The number of carboxylic acids is 1. The summed E-state index contributed by atoms with van der Waals surface area (Å²) in [6.07, 6.45) is 6.23. The number of hydrogen-bond acceptors (Lipinski definition) is 4. The maximum Gasteiger partial charge on any atom is 0.335 e. The third-order valence-electron chi connectivity index (χ3n) is 4.49. The molecule has 0 spiro atoms. The largest absolute Gasteiger partial charge is 0.478 e. The third-order valence-corrected chi connectivity index (χ3v) is 4.49. The molecule has 6 heteroatoms. The van der Waals surface area contributed by atoms with Crippen LogP contribution in [-0.4, -0.2) is 30.8 Å². The molecule has 0 aliphatic rings. The Kier molecular flexibility index (Phi) is 6.30. The highest BCUT2D eigenvalue weighted by Crippen LogP contribution is 2.11. The molecule has 0 aliphatic heterocycles. The Balaban J connectivity index is 1.51. The van der Waals surface area contributed by atoms with E-state index in [1.807, 2.05) is 13.0 Å². The van der Waals surface area contributed by atoms with E-state index in [9.17, 15) is 4.79 Å². The van der Waals surface area contributed by atoms with Crippen LogP contribution in [-0.2, 0) is 25.8 Å². The number of nitrogens with zero attached hydrogens (tertiary/aromatic N) is 4. The van der Waals surface area contributed by atoms with Crippen LogP contribution in [0.2, 0.25) is 0 Å². The van der Waals surface area contributed by atoms with E-state index < -0.39 is 5.97 Å². The van der Waals surface area contributed by atoms with Crippen molar-refractivity contribution in [3.05, 3.63) is 77.1 Å². The van der Waals surface area contributed by atoms with Crippen molar-refractivity contribution in [2.24, 2.45) is 0 Å². The Labute approximate surface area is 158 Å². The zero-order valence-corrected chi connectivity index (χ0v) is 15.5. The predicted octanol–water partition coefficient (Wildman–Crippen LogP) is 3.49. The minimum absolute atomic E-state index is 0.293. The van der Waals surface area contributed by atoms with Gasteiger partial charge in [0, 0.05) is 24.4 Å². The van der Waals surface area contributed by atoms with Crippen LogP contribution >= 0.6 is 0 Å². The van der Waals surface area contributed by atoms with Crippen molar-refractivity contribution in [1.29, 1.82) is 0 Å². The molecule has 0 radical (unpaired) electrons. The van der Waals surface area contributed by atoms with Gasteiger partial charge in [0.2, 0.25) is 0 Å². The number of rotatable bonds is 9. The molecule has 0 amide bonds. The molecule has 1 aromatic carbocycles. The first kappa shape index (κ1) is 18.8. The summed E-state index contributed by atoms with van der Waals surface area (Å²) in [5, 5.41) is 17.4. The molecule has 0 saturated heterocycles. The molecular formula is C21H24N4O2. The molecule has 2 aromatic heterocycles. The number of carboxylic acid groups (broad SMARTS) is 1. The average Bonchev–Trinajstić information content (AvgIpc) is 3.09. The van der Waals surface area contributed by atoms with E-state index in [1.54, 1.807) is 18.5 Å². The number of pyridine rings is 1. The van der Waals surface area contributed by atoms with Gasteiger partial charge in [-0.15, -0.1) is 10.2 Å². The zero-order valence-electron chi connectivity index (χ0n) is 15.5. The summed E-state index contributed by atoms with van der Waals surface area (Å²) >= 11 is 0. The van der Waals surface area contributed by atoms with Gasteiger partial charge < -0.3 is 9.67 Å². The van der Waals surface area contributed by atoms with E-state index >= 15 is 0 Å². The third kappa shape index (κ3) is 5.48. The van der Waals surface area contributed by atoms with Gasteiger partial charge in [-0.25, -0.2) is 4.79 Å². The molecule has 0 atom stereocenters. The summed E-state index contributed by atoms with van der Waals surface area (Å²) in [6.45, 7) is 2.71. The van der Waals surface area contributed by atoms with E-state index in [0.29, 0.717) is 5.56 Å². The molecule has 0 unspecified atom stereocenters. The Morgan fingerprint density at radius 3 is 2.67 bits per heavy atom. The fourth-order valence-corrected chi connectivity index (χ4v) is 3.17. The summed E-state index contributed by atoms with van der Waals surface area (Å²) in [5.41, 5.74) is 3.17. The summed E-state index contributed by atoms with van der Waals surface area (Å²) in [4.78, 5) is 15.6. The van der Waals surface area contributed by atoms with Crippen LogP contribution in [0.1, 0.15) is 46.0 Å². The van der Waals surface area contributed by atoms with Crippen LogP contribution in [0.4, 0.5) is 0 Å². The molecule has 0 aliphatic carbocycles. The average molecular weight is 364 g/mol. The van der Waals surface area contributed by atoms with Crippen molar-refractivity contribution in [1.82, 2.24) is 19.7 Å². The zero-order chi connectivity index (χ0) is 19.1. The van der Waals surface area contributed by atoms with E-state index in [2.05, 4.69) is 44.0 Å². The minimum Gasteiger partial charge on any atom is -0.478 e. The molecule has 3 rings (SSSR count). The number of aryl methyl sites for hydroxylation is 5. The molecule has 27 heavy (non-hydrogen) atoms. The molecule has 3 aromatic rings. The van der Waals surface area contributed by atoms with Crippen molar-refractivity contribution in [2.45, 2.75) is 45.6 Å². The van der Waals surface area contributed by atoms with Crippen molar-refractivity contribution >= 4 is 5.97 Å². The van der Waals surface area contributed by atoms with Crippen LogP contribution in [0.3, 0.4) is 0 Å². The monoisotopic (exact) mass is 364 g/mol. The van der Waals surface area contributed by atoms with Crippen LogP contribution in [0.5, 0.6) is 0 Å². The lowest BCUT2D eigenvalue weighted by Crippen LogP contribution is -2.06. The van der Waals surface area contributed by atoms with E-state index in [1.165, 1.54) is 5.56 Å². The van der Waals surface area contributed by atoms with Gasteiger partial charge in [0.05, 0.1) is 5.56 Å². The minimum atomic E-state index is -0.917. The van der Waals surface area contributed by atoms with E-state index in [-0.39, 0.29) is 0 Å². The van der Waals surface area contributed by atoms with Gasteiger partial charge in [0.15, 0.2) is 0 Å². The Hall–Kier alpha value is -3.02. The highest BCUT2D eigenvalue weighted by Gasteiger charge is 2.08. The lowest BCUT2D eigenvalue weighted by atomic mass is 10.1. The second-order valence-corrected chi connectivity index (χ2v) is 6.68. The fourth-order valence-electron chi connectivity index (χ4n) is 3.17. The van der Waals surface area contributed by atoms with Crippen molar-refractivity contribution in [3.8, 4) is 0 Å². The molecule has 0 bridgehead atoms. The topological polar surface area (TPSA) is 80.9 Å². The van der Waals surface area contributed by atoms with Gasteiger partial charge in [-0.05, 0) is 50.3 Å². The first-order valence-corrected chi connectivity index (χ1v) is 9.23. The Morgan fingerprint density at radius 2 is 1.89 bits per heavy atom. The normalized spacial score (nSPS) is 10.9. The van der Waals surface area contributed by atoms with E-state index in [0.717, 1.165) is 55.9 Å². The lowest BCUT2D eigenvalue weighted by Gasteiger charge is -2.07. The fraction of sp³-hybridized carbons (Fsp3) is 0.333. The van der Waals surface area contributed by atoms with Gasteiger partial charge in [-0.2, -0.15) is 0 Å². The summed E-state index contributed by atoms with van der Waals surface area (Å²) < 4.78 is 2.11. The van der Waals surface area contributed by atoms with Gasteiger partial charge in [-0.3, -0.25) is 4.98 Å². The second-order valence-electron chi connectivity index (χ2n) is 6.68. The molecule has 140 valence electrons. The van der Waals surface area contributed by atoms with Crippen LogP contribution < -0.4 is 0 Å². The van der Waals surface area contributed by atoms with E-state index in [4.69, 9.17) is 5.11 Å². The number of aromatic carboxylic acids is 1. The maximum absolute atomic E-state index is 11.2. The van der Waals surface area contributed by atoms with Gasteiger partial charge in [0.25, 0.3) is 0 Å². The summed E-state index contributed by atoms with van der Waals surface area (Å²) in [5.74, 6) is 0.0501. The quantitative estimate of drug-likeness (QED) is 0.629. The summed E-state index contributed by atoms with van der Waals surface area (Å²) in [7, 11) is 0. The molecule has 1 N–H and O–H groups in total.